The fourth-order valence-electron chi connectivity index (χ4n) is 2.62. The Balaban J connectivity index is 2.18. The van der Waals surface area contributed by atoms with Crippen LogP contribution in [0.15, 0.2) is 11.3 Å². The molecule has 0 spiro atoms. The largest absolute Gasteiger partial charge is 0.501 e. The third kappa shape index (κ3) is 1.07. The Bertz CT molecular complexity index is 193. The van der Waals surface area contributed by atoms with Gasteiger partial charge in [-0.25, -0.2) is 0 Å². The minimum absolute atomic E-state index is 0.889. The molecule has 0 aliphatic heterocycles. The highest BCUT2D eigenvalue weighted by molar-refractivity contribution is 5.19. The molecular formula is C10H16O. The van der Waals surface area contributed by atoms with E-state index in [4.69, 9.17) is 4.74 Å². The molecule has 2 bridgehead atoms. The quantitative estimate of drug-likeness (QED) is 0.525. The summed E-state index contributed by atoms with van der Waals surface area (Å²) in [5.41, 5.74) is 1.61. The summed E-state index contributed by atoms with van der Waals surface area (Å²) in [5, 5.41) is 0. The van der Waals surface area contributed by atoms with E-state index in [1.807, 2.05) is 0 Å². The Morgan fingerprint density at radius 3 is 2.73 bits per heavy atom. The smallest absolute Gasteiger partial charge is 0.0919 e. The van der Waals surface area contributed by atoms with Gasteiger partial charge in [0.15, 0.2) is 0 Å². The van der Waals surface area contributed by atoms with Gasteiger partial charge in [-0.2, -0.15) is 0 Å². The third-order valence-corrected chi connectivity index (χ3v) is 3.30. The Morgan fingerprint density at radius 2 is 2.27 bits per heavy atom. The zero-order valence-corrected chi connectivity index (χ0v) is 7.39. The molecule has 2 saturated carbocycles. The summed E-state index contributed by atoms with van der Waals surface area (Å²) in [7, 11) is 1.79. The SMILES string of the molecule is CO/C(C)=C1\CC2CCC1C2. The van der Waals surface area contributed by atoms with Crippen LogP contribution >= 0.6 is 0 Å². The molecule has 0 aromatic rings. The fourth-order valence-corrected chi connectivity index (χ4v) is 2.62. The molecular weight excluding hydrogens is 136 g/mol. The molecule has 0 saturated heterocycles. The number of methoxy groups -OCH3 is 1. The second-order valence-corrected chi connectivity index (χ2v) is 3.87. The maximum Gasteiger partial charge on any atom is 0.0919 e. The van der Waals surface area contributed by atoms with Crippen LogP contribution in [0, 0.1) is 11.8 Å². The highest BCUT2D eigenvalue weighted by atomic mass is 16.5. The van der Waals surface area contributed by atoms with Crippen LogP contribution in [0.25, 0.3) is 0 Å². The molecule has 0 N–H and O–H groups in total. The number of hydrogen-bond donors (Lipinski definition) is 0. The second-order valence-electron chi connectivity index (χ2n) is 3.87. The van der Waals surface area contributed by atoms with Crippen molar-refractivity contribution in [3.05, 3.63) is 11.3 Å². The maximum absolute atomic E-state index is 5.27. The predicted octanol–water partition coefficient (Wildman–Crippen LogP) is 2.73. The summed E-state index contributed by atoms with van der Waals surface area (Å²) in [6.07, 6.45) is 5.65. The first-order valence-electron chi connectivity index (χ1n) is 4.55. The molecule has 0 aromatic carbocycles. The van der Waals surface area contributed by atoms with Gasteiger partial charge < -0.3 is 4.74 Å². The molecule has 0 heterocycles. The van der Waals surface area contributed by atoms with Crippen molar-refractivity contribution in [3.63, 3.8) is 0 Å². The molecule has 2 fully saturated rings. The normalized spacial score (nSPS) is 39.5. The molecule has 1 heteroatoms. The van der Waals surface area contributed by atoms with E-state index in [-0.39, 0.29) is 0 Å². The van der Waals surface area contributed by atoms with Crippen LogP contribution in [0.4, 0.5) is 0 Å². The van der Waals surface area contributed by atoms with Crippen molar-refractivity contribution in [3.8, 4) is 0 Å². The fraction of sp³-hybridized carbons (Fsp3) is 0.800. The molecule has 0 aromatic heterocycles. The second kappa shape index (κ2) is 2.54. The average Bonchev–Trinajstić information content (AvgIpc) is 2.62. The lowest BCUT2D eigenvalue weighted by Gasteiger charge is -2.15. The maximum atomic E-state index is 5.27. The van der Waals surface area contributed by atoms with E-state index in [1.165, 1.54) is 31.4 Å². The molecule has 0 amide bonds. The van der Waals surface area contributed by atoms with Gasteiger partial charge in [-0.15, -0.1) is 0 Å². The number of rotatable bonds is 1. The molecule has 1 nitrogen and oxygen atoms in total. The lowest BCUT2D eigenvalue weighted by atomic mass is 9.94. The zero-order valence-electron chi connectivity index (χ0n) is 7.39. The van der Waals surface area contributed by atoms with Gasteiger partial charge in [-0.1, -0.05) is 0 Å². The molecule has 11 heavy (non-hydrogen) atoms. The number of hydrogen-bond acceptors (Lipinski definition) is 1. The van der Waals surface area contributed by atoms with Crippen molar-refractivity contribution in [2.24, 2.45) is 11.8 Å². The van der Waals surface area contributed by atoms with E-state index in [1.54, 1.807) is 12.7 Å². The van der Waals surface area contributed by atoms with Crippen molar-refractivity contribution in [1.29, 1.82) is 0 Å². The summed E-state index contributed by atoms with van der Waals surface area (Å²) in [5.74, 6) is 3.08. The summed E-state index contributed by atoms with van der Waals surface area (Å²) in [4.78, 5) is 0. The Hall–Kier alpha value is -0.460. The highest BCUT2D eigenvalue weighted by Crippen LogP contribution is 2.48. The van der Waals surface area contributed by atoms with E-state index in [2.05, 4.69) is 6.92 Å². The van der Waals surface area contributed by atoms with Crippen molar-refractivity contribution < 1.29 is 4.74 Å². The minimum Gasteiger partial charge on any atom is -0.501 e. The van der Waals surface area contributed by atoms with Gasteiger partial charge >= 0.3 is 0 Å². The predicted molar refractivity (Wildman–Crippen MR) is 45.2 cm³/mol. The van der Waals surface area contributed by atoms with Crippen LogP contribution in [0.3, 0.4) is 0 Å². The standard InChI is InChI=1S/C10H16O/c1-7(11-2)10-6-8-3-4-9(10)5-8/h8-9H,3-6H2,1-2H3/b10-7+. The van der Waals surface area contributed by atoms with Crippen LogP contribution < -0.4 is 0 Å². The molecule has 2 unspecified atom stereocenters. The van der Waals surface area contributed by atoms with Gasteiger partial charge in [-0.3, -0.25) is 0 Å². The lowest BCUT2D eigenvalue weighted by molar-refractivity contribution is 0.281. The Morgan fingerprint density at radius 1 is 1.45 bits per heavy atom. The van der Waals surface area contributed by atoms with E-state index in [0.717, 1.165) is 11.8 Å². The molecule has 0 radical (unpaired) electrons. The number of fused-ring (bicyclic) bond motifs is 2. The summed E-state index contributed by atoms with van der Waals surface area (Å²) in [6, 6.07) is 0. The van der Waals surface area contributed by atoms with Gasteiger partial charge in [0.25, 0.3) is 0 Å². The van der Waals surface area contributed by atoms with Gasteiger partial charge in [0.05, 0.1) is 12.9 Å². The Kier molecular flexibility index (Phi) is 1.67. The van der Waals surface area contributed by atoms with Crippen molar-refractivity contribution >= 4 is 0 Å². The van der Waals surface area contributed by atoms with Crippen molar-refractivity contribution in [1.82, 2.24) is 0 Å². The summed E-state index contributed by atoms with van der Waals surface area (Å²) in [6.45, 7) is 2.11. The zero-order chi connectivity index (χ0) is 7.84. The minimum atomic E-state index is 0.889. The topological polar surface area (TPSA) is 9.23 Å². The van der Waals surface area contributed by atoms with Crippen LogP contribution in [0.5, 0.6) is 0 Å². The van der Waals surface area contributed by atoms with Gasteiger partial charge in [0.2, 0.25) is 0 Å². The molecule has 2 rings (SSSR count). The van der Waals surface area contributed by atoms with Crippen LogP contribution in [0.1, 0.15) is 32.6 Å². The van der Waals surface area contributed by atoms with Crippen LogP contribution in [-0.2, 0) is 4.74 Å². The molecule has 2 aliphatic carbocycles. The van der Waals surface area contributed by atoms with Crippen molar-refractivity contribution in [2.75, 3.05) is 7.11 Å². The van der Waals surface area contributed by atoms with Crippen molar-refractivity contribution in [2.45, 2.75) is 32.6 Å². The average molecular weight is 152 g/mol. The number of ether oxygens (including phenoxy) is 1. The number of allylic oxidation sites excluding steroid dienone is 2. The lowest BCUT2D eigenvalue weighted by Crippen LogP contribution is -2.01. The Labute approximate surface area is 68.4 Å². The molecule has 2 atom stereocenters. The summed E-state index contributed by atoms with van der Waals surface area (Å²) < 4.78 is 5.27. The monoisotopic (exact) mass is 152 g/mol. The molecule has 62 valence electrons. The van der Waals surface area contributed by atoms with E-state index in [0.29, 0.717) is 0 Å². The van der Waals surface area contributed by atoms with Gasteiger partial charge in [-0.05, 0) is 50.0 Å². The van der Waals surface area contributed by atoms with E-state index >= 15 is 0 Å². The molecule has 2 aliphatic rings. The first-order valence-corrected chi connectivity index (χ1v) is 4.55. The van der Waals surface area contributed by atoms with Crippen LogP contribution in [-0.4, -0.2) is 7.11 Å². The third-order valence-electron chi connectivity index (χ3n) is 3.30. The van der Waals surface area contributed by atoms with Gasteiger partial charge in [0, 0.05) is 0 Å². The first kappa shape index (κ1) is 7.20. The van der Waals surface area contributed by atoms with Crippen LogP contribution in [0.2, 0.25) is 0 Å². The van der Waals surface area contributed by atoms with E-state index in [9.17, 15) is 0 Å². The van der Waals surface area contributed by atoms with Gasteiger partial charge in [0.1, 0.15) is 0 Å². The first-order chi connectivity index (χ1) is 5.31. The van der Waals surface area contributed by atoms with E-state index < -0.39 is 0 Å². The highest BCUT2D eigenvalue weighted by Gasteiger charge is 2.36. The summed E-state index contributed by atoms with van der Waals surface area (Å²) >= 11 is 0.